The molecule has 0 aliphatic heterocycles. The quantitative estimate of drug-likeness (QED) is 0.223. The minimum absolute atomic E-state index is 0. The average molecular weight is 705 g/mol. The molecule has 0 spiro atoms. The smallest absolute Gasteiger partial charge is 0.550 e. The summed E-state index contributed by atoms with van der Waals surface area (Å²) in [7, 11) is 4.24. The van der Waals surface area contributed by atoms with Crippen molar-refractivity contribution in [3.8, 4) is 22.9 Å². The van der Waals surface area contributed by atoms with E-state index in [1.165, 1.54) is 0 Å². The van der Waals surface area contributed by atoms with Crippen molar-refractivity contribution in [2.45, 2.75) is 25.7 Å². The van der Waals surface area contributed by atoms with E-state index in [9.17, 15) is 19.8 Å². The van der Waals surface area contributed by atoms with Crippen LogP contribution in [0.3, 0.4) is 0 Å². The number of benzene rings is 4. The maximum atomic E-state index is 10.8. The van der Waals surface area contributed by atoms with Crippen LogP contribution < -0.4 is 19.7 Å². The summed E-state index contributed by atoms with van der Waals surface area (Å²) >= 11 is 0. The molecule has 2 heterocycles. The molecule has 0 unspecified atom stereocenters. The van der Waals surface area contributed by atoms with Crippen LogP contribution in [0, 0.1) is 0 Å². The van der Waals surface area contributed by atoms with Gasteiger partial charge in [0, 0.05) is 43.3 Å². The van der Waals surface area contributed by atoms with E-state index in [0.717, 1.165) is 62.7 Å². The molecular formula is C39H38N2NiO7. The van der Waals surface area contributed by atoms with Crippen LogP contribution in [0.1, 0.15) is 36.8 Å². The maximum absolute atomic E-state index is 10.8. The Hall–Kier alpha value is -5.31. The minimum atomic E-state index is -1.06. The van der Waals surface area contributed by atoms with Crippen LogP contribution in [0.15, 0.2) is 122 Å². The molecular weight excluding hydrogens is 667 g/mol. The first-order valence-electron chi connectivity index (χ1n) is 15.0. The molecule has 2 aromatic heterocycles. The number of methoxy groups -OCH3 is 2. The van der Waals surface area contributed by atoms with E-state index in [1.54, 1.807) is 40.5 Å². The number of rotatable bonds is 7. The molecule has 2 atom stereocenters. The molecule has 1 N–H and O–H groups in total. The molecule has 256 valence electrons. The van der Waals surface area contributed by atoms with Crippen LogP contribution in [0.5, 0.6) is 11.5 Å². The maximum Gasteiger partial charge on any atom is 2.00 e. The van der Waals surface area contributed by atoms with Crippen molar-refractivity contribution >= 4 is 33.5 Å². The second-order valence-corrected chi connectivity index (χ2v) is 10.5. The Balaban J connectivity index is 0.000000250. The number of aliphatic hydroxyl groups is 1. The summed E-state index contributed by atoms with van der Waals surface area (Å²) in [6.07, 6.45) is 3.54. The number of carboxylic acid groups (broad SMARTS) is 2. The zero-order valence-corrected chi connectivity index (χ0v) is 28.8. The molecule has 0 saturated heterocycles. The number of carbonyl (C=O) groups excluding carboxylic acids is 2. The number of aliphatic hydroxyl groups excluding tert-OH is 1. The largest absolute Gasteiger partial charge is 2.00 e. The van der Waals surface area contributed by atoms with Gasteiger partial charge in [0.05, 0.1) is 25.6 Å². The SMILES string of the molecule is CO.COc1ccc2cc([C@H](C)C(=O)[O-])ccc2c1.COc1ccc2cc([C@H](C)C(=O)[O-])ccc2c1.[Ni+2].c1ccc(-c2ccccn2)nc1. The molecule has 0 aliphatic carbocycles. The zero-order valence-electron chi connectivity index (χ0n) is 27.8. The second-order valence-electron chi connectivity index (χ2n) is 10.5. The number of aliphatic carboxylic acids is 2. The topological polar surface area (TPSA) is 145 Å². The van der Waals surface area contributed by atoms with Gasteiger partial charge in [0.25, 0.3) is 0 Å². The van der Waals surface area contributed by atoms with Crippen LogP contribution in [-0.2, 0) is 26.1 Å². The zero-order chi connectivity index (χ0) is 35.1. The van der Waals surface area contributed by atoms with Crippen LogP contribution >= 0.6 is 0 Å². The van der Waals surface area contributed by atoms with Gasteiger partial charge in [0.1, 0.15) is 11.5 Å². The number of hydrogen-bond acceptors (Lipinski definition) is 9. The van der Waals surface area contributed by atoms with E-state index in [0.29, 0.717) is 0 Å². The van der Waals surface area contributed by atoms with Gasteiger partial charge >= 0.3 is 16.5 Å². The molecule has 0 amide bonds. The molecule has 4 aromatic carbocycles. The Morgan fingerprint density at radius 2 is 0.918 bits per heavy atom. The molecule has 0 fully saturated rings. The van der Waals surface area contributed by atoms with Crippen LogP contribution in [-0.4, -0.2) is 48.3 Å². The van der Waals surface area contributed by atoms with Gasteiger partial charge in [0.15, 0.2) is 0 Å². The van der Waals surface area contributed by atoms with E-state index in [1.807, 2.05) is 109 Å². The molecule has 9 nitrogen and oxygen atoms in total. The fourth-order valence-electron chi connectivity index (χ4n) is 4.58. The van der Waals surface area contributed by atoms with Crippen molar-refractivity contribution in [3.63, 3.8) is 0 Å². The molecule has 0 radical (unpaired) electrons. The molecule has 0 aliphatic rings. The van der Waals surface area contributed by atoms with E-state index in [-0.39, 0.29) is 16.5 Å². The van der Waals surface area contributed by atoms with Gasteiger partial charge in [-0.25, -0.2) is 0 Å². The van der Waals surface area contributed by atoms with Gasteiger partial charge in [-0.05, 0) is 81.2 Å². The third-order valence-electron chi connectivity index (χ3n) is 7.44. The first-order chi connectivity index (χ1) is 23.2. The Bertz CT molecular complexity index is 1780. The summed E-state index contributed by atoms with van der Waals surface area (Å²) < 4.78 is 10.3. The summed E-state index contributed by atoms with van der Waals surface area (Å²) in [5.74, 6) is -1.73. The normalized spacial score (nSPS) is 11.1. The van der Waals surface area contributed by atoms with Crippen molar-refractivity contribution < 1.29 is 50.9 Å². The minimum Gasteiger partial charge on any atom is -0.550 e. The Labute approximate surface area is 296 Å². The molecule has 0 saturated carbocycles. The molecule has 6 aromatic rings. The van der Waals surface area contributed by atoms with E-state index in [4.69, 9.17) is 14.6 Å². The molecule has 10 heteroatoms. The van der Waals surface area contributed by atoms with Gasteiger partial charge in [-0.1, -0.05) is 74.5 Å². The Morgan fingerprint density at radius 3 is 1.22 bits per heavy atom. The number of carbonyl (C=O) groups is 2. The average Bonchev–Trinajstić information content (AvgIpc) is 3.15. The summed E-state index contributed by atoms with van der Waals surface area (Å²) in [5, 5.41) is 32.7. The number of ether oxygens (including phenoxy) is 2. The summed E-state index contributed by atoms with van der Waals surface area (Å²) in [6.45, 7) is 3.25. The predicted molar refractivity (Wildman–Crippen MR) is 183 cm³/mol. The van der Waals surface area contributed by atoms with Crippen molar-refractivity contribution in [2.75, 3.05) is 21.3 Å². The van der Waals surface area contributed by atoms with Crippen LogP contribution in [0.4, 0.5) is 0 Å². The Kier molecular flexibility index (Phi) is 16.4. The van der Waals surface area contributed by atoms with Crippen molar-refractivity contribution in [1.82, 2.24) is 9.97 Å². The monoisotopic (exact) mass is 704 g/mol. The second kappa shape index (κ2) is 20.1. The standard InChI is InChI=1S/2C14H14O3.C10H8N2.CH4O.Ni/c2*1-9(14(15)16)10-3-4-12-8-13(17-2)6-5-11(12)7-10;1-3-7-11-9(5-1)10-6-2-4-8-12-10;1-2;/h2*3-9H,1-2H3,(H,15,16);1-8H;2H,1H3;/q;;;;+2/p-2/t2*9-;;;/m00.../s1. The summed E-state index contributed by atoms with van der Waals surface area (Å²) in [4.78, 5) is 30.0. The van der Waals surface area contributed by atoms with Gasteiger partial charge in [-0.3, -0.25) is 9.97 Å². The van der Waals surface area contributed by atoms with Crippen molar-refractivity contribution in [1.29, 1.82) is 0 Å². The number of nitrogens with zero attached hydrogens (tertiary/aromatic N) is 2. The van der Waals surface area contributed by atoms with Gasteiger partial charge in [0.2, 0.25) is 0 Å². The molecule has 49 heavy (non-hydrogen) atoms. The Morgan fingerprint density at radius 1 is 0.571 bits per heavy atom. The summed E-state index contributed by atoms with van der Waals surface area (Å²) in [6, 6.07) is 34.1. The molecule has 0 bridgehead atoms. The van der Waals surface area contributed by atoms with Crippen molar-refractivity contribution in [3.05, 3.63) is 133 Å². The number of aromatic nitrogens is 2. The summed E-state index contributed by atoms with van der Waals surface area (Å²) in [5.41, 5.74) is 3.33. The van der Waals surface area contributed by atoms with E-state index in [2.05, 4.69) is 9.97 Å². The molecule has 6 rings (SSSR count). The number of hydrogen-bond donors (Lipinski definition) is 1. The number of pyridine rings is 2. The van der Waals surface area contributed by atoms with E-state index >= 15 is 0 Å². The van der Waals surface area contributed by atoms with Crippen molar-refractivity contribution in [2.24, 2.45) is 0 Å². The first kappa shape index (κ1) is 39.9. The third kappa shape index (κ3) is 11.4. The van der Waals surface area contributed by atoms with Crippen LogP contribution in [0.2, 0.25) is 0 Å². The fraction of sp³-hybridized carbons (Fsp3) is 0.179. The van der Waals surface area contributed by atoms with E-state index < -0.39 is 23.8 Å². The van der Waals surface area contributed by atoms with Gasteiger partial charge in [-0.15, -0.1) is 0 Å². The van der Waals surface area contributed by atoms with Gasteiger partial charge < -0.3 is 34.4 Å². The fourth-order valence-corrected chi connectivity index (χ4v) is 4.58. The number of fused-ring (bicyclic) bond motifs is 2. The third-order valence-corrected chi connectivity index (χ3v) is 7.44. The van der Waals surface area contributed by atoms with Crippen LogP contribution in [0.25, 0.3) is 32.9 Å². The first-order valence-corrected chi connectivity index (χ1v) is 15.0. The number of carboxylic acids is 2. The van der Waals surface area contributed by atoms with Gasteiger partial charge in [-0.2, -0.15) is 0 Å². The predicted octanol–water partition coefficient (Wildman–Crippen LogP) is 5.15.